The van der Waals surface area contributed by atoms with Crippen molar-refractivity contribution in [3.8, 4) is 0 Å². The number of phosphoric ester groups is 1. The second-order valence-electron chi connectivity index (χ2n) is 16.3. The molecule has 57 heavy (non-hydrogen) atoms. The van der Waals surface area contributed by atoms with Crippen LogP contribution in [0.3, 0.4) is 0 Å². The van der Waals surface area contributed by atoms with Crippen molar-refractivity contribution in [2.24, 2.45) is 0 Å². The second kappa shape index (κ2) is 35.8. The lowest BCUT2D eigenvalue weighted by molar-refractivity contribution is -0.220. The highest BCUT2D eigenvalue weighted by Gasteiger charge is 2.51. The predicted octanol–water partition coefficient (Wildman–Crippen LogP) is 9.14. The molecule has 1 aliphatic carbocycles. The first-order chi connectivity index (χ1) is 27.5. The lowest BCUT2D eigenvalue weighted by atomic mass is 9.85. The minimum absolute atomic E-state index is 0.0736. The highest BCUT2D eigenvalue weighted by atomic mass is 31.2. The molecule has 6 N–H and O–H groups in total. The van der Waals surface area contributed by atoms with Gasteiger partial charge in [-0.15, -0.1) is 0 Å². The number of hydrogen-bond acceptors (Lipinski definition) is 11. The molecule has 0 amide bonds. The molecule has 12 nitrogen and oxygen atoms in total. The molecule has 6 atom stereocenters. The lowest BCUT2D eigenvalue weighted by Gasteiger charge is -2.41. The third-order valence-corrected chi connectivity index (χ3v) is 11.9. The molecule has 0 aliphatic heterocycles. The number of esters is 1. The average molecular weight is 837 g/mol. The summed E-state index contributed by atoms with van der Waals surface area (Å²) in [6.07, 6.45) is 25.7. The Balaban J connectivity index is 2.36. The molecule has 6 unspecified atom stereocenters. The zero-order valence-corrected chi connectivity index (χ0v) is 36.8. The van der Waals surface area contributed by atoms with Crippen molar-refractivity contribution in [3.05, 3.63) is 12.2 Å². The number of rotatable bonds is 39. The quantitative estimate of drug-likeness (QED) is 0.0149. The first-order valence-corrected chi connectivity index (χ1v) is 24.5. The van der Waals surface area contributed by atoms with Gasteiger partial charge in [0.15, 0.2) is 0 Å². The lowest BCUT2D eigenvalue weighted by Crippen LogP contribution is -2.64. The number of carbonyl (C=O) groups excluding carboxylic acids is 1. The molecule has 1 rings (SSSR count). The molecule has 1 fully saturated rings. The molecule has 0 aromatic heterocycles. The maximum absolute atomic E-state index is 12.8. The summed E-state index contributed by atoms with van der Waals surface area (Å²) in [5, 5.41) is 50.1. The van der Waals surface area contributed by atoms with E-state index in [9.17, 15) is 39.8 Å². The van der Waals surface area contributed by atoms with E-state index in [0.717, 1.165) is 38.5 Å². The van der Waals surface area contributed by atoms with Gasteiger partial charge in [0, 0.05) is 13.0 Å². The van der Waals surface area contributed by atoms with Crippen molar-refractivity contribution in [1.82, 2.24) is 0 Å². The minimum Gasteiger partial charge on any atom is -0.457 e. The molecule has 0 saturated heterocycles. The van der Waals surface area contributed by atoms with E-state index in [4.69, 9.17) is 18.5 Å². The van der Waals surface area contributed by atoms with Gasteiger partial charge in [0.25, 0.3) is 0 Å². The van der Waals surface area contributed by atoms with Crippen LogP contribution in [0, 0.1) is 0 Å². The fraction of sp³-hybridized carbons (Fsp3) is 0.932. The molecule has 0 aromatic rings. The fourth-order valence-corrected chi connectivity index (χ4v) is 8.15. The topological polar surface area (TPSA) is 192 Å². The summed E-state index contributed by atoms with van der Waals surface area (Å²) in [4.78, 5) is 23.1. The maximum Gasteiger partial charge on any atom is 0.472 e. The Labute approximate surface area is 346 Å². The summed E-state index contributed by atoms with van der Waals surface area (Å²) >= 11 is 0. The van der Waals surface area contributed by atoms with Gasteiger partial charge in [-0.2, -0.15) is 0 Å². The van der Waals surface area contributed by atoms with Crippen LogP contribution in [-0.2, 0) is 27.9 Å². The first kappa shape index (κ1) is 54.1. The van der Waals surface area contributed by atoms with Gasteiger partial charge in [-0.3, -0.25) is 13.8 Å². The van der Waals surface area contributed by atoms with Crippen LogP contribution >= 0.6 is 7.82 Å². The van der Waals surface area contributed by atoms with E-state index in [0.29, 0.717) is 13.0 Å². The van der Waals surface area contributed by atoms with Gasteiger partial charge in [0.05, 0.1) is 13.2 Å². The Morgan fingerprint density at radius 1 is 0.544 bits per heavy atom. The van der Waals surface area contributed by atoms with Crippen LogP contribution in [-0.4, -0.2) is 98.9 Å². The number of unbranched alkanes of at least 4 members (excludes halogenated alkanes) is 25. The van der Waals surface area contributed by atoms with E-state index < -0.39 is 63.1 Å². The molecule has 0 heterocycles. The van der Waals surface area contributed by atoms with Crippen molar-refractivity contribution in [2.45, 2.75) is 243 Å². The number of carbonyl (C=O) groups is 1. The van der Waals surface area contributed by atoms with Gasteiger partial charge in [-0.05, 0) is 38.5 Å². The smallest absolute Gasteiger partial charge is 0.457 e. The van der Waals surface area contributed by atoms with Gasteiger partial charge in [0.2, 0.25) is 0 Å². The van der Waals surface area contributed by atoms with E-state index in [2.05, 4.69) is 26.0 Å². The number of ether oxygens (including phenoxy) is 2. The summed E-state index contributed by atoms with van der Waals surface area (Å²) in [6.45, 7) is 4.25. The molecular formula is C44H85O12P. The molecule has 0 bridgehead atoms. The number of hydrogen-bond donors (Lipinski definition) is 6. The first-order valence-electron chi connectivity index (χ1n) is 23.0. The number of aliphatic hydroxyl groups is 5. The summed E-state index contributed by atoms with van der Waals surface area (Å²) < 4.78 is 34.1. The summed E-state index contributed by atoms with van der Waals surface area (Å²) in [5.74, 6) is -0.477. The summed E-state index contributed by atoms with van der Waals surface area (Å²) in [7, 11) is -5.01. The second-order valence-corrected chi connectivity index (χ2v) is 17.7. The number of aliphatic hydroxyl groups excluding tert-OH is 5. The molecular weight excluding hydrogens is 751 g/mol. The van der Waals surface area contributed by atoms with Crippen molar-refractivity contribution < 1.29 is 58.3 Å². The summed E-state index contributed by atoms with van der Waals surface area (Å²) in [5.41, 5.74) is 0. The standard InChI is InChI=1S/C44H85O12P/c1-3-5-7-9-11-13-15-16-17-18-19-20-21-22-24-26-28-30-32-34-53-35-37(55-38(45)33-31-29-27-25-23-14-12-10-8-6-4-2)36-54-57(51,52)56-44-42(49)40(47)39(46)41(48)43(44)50/h17-18,37,39-44,46-50H,3-16,19-36H2,1-2H3,(H,51,52)/b18-17-. The van der Waals surface area contributed by atoms with Gasteiger partial charge in [-0.1, -0.05) is 167 Å². The molecule has 0 spiro atoms. The Kier molecular flexibility index (Phi) is 34.0. The normalized spacial score (nSPS) is 22.9. The molecule has 1 aliphatic rings. The molecule has 338 valence electrons. The van der Waals surface area contributed by atoms with Gasteiger partial charge >= 0.3 is 13.8 Å². The average Bonchev–Trinajstić information content (AvgIpc) is 3.19. The minimum atomic E-state index is -5.01. The van der Waals surface area contributed by atoms with E-state index in [1.54, 1.807) is 0 Å². The molecule has 1 saturated carbocycles. The van der Waals surface area contributed by atoms with Crippen molar-refractivity contribution in [3.63, 3.8) is 0 Å². The van der Waals surface area contributed by atoms with Crippen molar-refractivity contribution in [2.75, 3.05) is 19.8 Å². The summed E-state index contributed by atoms with van der Waals surface area (Å²) in [6, 6.07) is 0. The zero-order valence-electron chi connectivity index (χ0n) is 35.9. The third kappa shape index (κ3) is 28.3. The van der Waals surface area contributed by atoms with Gasteiger partial charge in [0.1, 0.15) is 42.7 Å². The van der Waals surface area contributed by atoms with Crippen LogP contribution < -0.4 is 0 Å². The van der Waals surface area contributed by atoms with E-state index in [1.807, 2.05) is 0 Å². The Bertz CT molecular complexity index is 1000. The van der Waals surface area contributed by atoms with Crippen LogP contribution in [0.5, 0.6) is 0 Å². The van der Waals surface area contributed by atoms with Crippen molar-refractivity contribution >= 4 is 13.8 Å². The zero-order chi connectivity index (χ0) is 42.0. The predicted molar refractivity (Wildman–Crippen MR) is 226 cm³/mol. The van der Waals surface area contributed by atoms with E-state index in [-0.39, 0.29) is 13.0 Å². The highest BCUT2D eigenvalue weighted by molar-refractivity contribution is 7.47. The SMILES string of the molecule is CCCCCCCCC/C=C\CCCCCCCCCCOCC(COP(=O)(O)OC1C(O)C(O)C(O)C(O)C1O)OC(=O)CCCCCCCCCCCCC. The van der Waals surface area contributed by atoms with Crippen LogP contribution in [0.2, 0.25) is 0 Å². The van der Waals surface area contributed by atoms with Crippen LogP contribution in [0.25, 0.3) is 0 Å². The molecule has 0 aromatic carbocycles. The fourth-order valence-electron chi connectivity index (χ4n) is 7.17. The molecule has 13 heteroatoms. The monoisotopic (exact) mass is 837 g/mol. The Hall–Kier alpha value is -0.920. The number of phosphoric acid groups is 1. The number of allylic oxidation sites excluding steroid dienone is 2. The largest absolute Gasteiger partial charge is 0.472 e. The highest BCUT2D eigenvalue weighted by Crippen LogP contribution is 2.47. The van der Waals surface area contributed by atoms with Crippen LogP contribution in [0.1, 0.15) is 200 Å². The third-order valence-electron chi connectivity index (χ3n) is 10.9. The van der Waals surface area contributed by atoms with Crippen LogP contribution in [0.4, 0.5) is 0 Å². The van der Waals surface area contributed by atoms with E-state index in [1.165, 1.54) is 135 Å². The Morgan fingerprint density at radius 3 is 1.39 bits per heavy atom. The van der Waals surface area contributed by atoms with Crippen molar-refractivity contribution in [1.29, 1.82) is 0 Å². The van der Waals surface area contributed by atoms with Gasteiger partial charge in [-0.25, -0.2) is 4.57 Å². The Morgan fingerprint density at radius 2 is 0.930 bits per heavy atom. The van der Waals surface area contributed by atoms with Gasteiger partial charge < -0.3 is 39.9 Å². The van der Waals surface area contributed by atoms with Crippen LogP contribution in [0.15, 0.2) is 12.2 Å². The van der Waals surface area contributed by atoms with E-state index >= 15 is 0 Å². The molecule has 0 radical (unpaired) electrons. The maximum atomic E-state index is 12.8.